The number of hydrogen-bond acceptors (Lipinski definition) is 1. The van der Waals surface area contributed by atoms with Crippen molar-refractivity contribution in [2.75, 3.05) is 20.6 Å². The molecule has 0 aromatic heterocycles. The van der Waals surface area contributed by atoms with Gasteiger partial charge in [-0.05, 0) is 100 Å². The molecule has 0 radical (unpaired) electrons. The molecule has 0 aliphatic heterocycles. The fraction of sp³-hybridized carbons (Fsp3) is 0.714. The van der Waals surface area contributed by atoms with Gasteiger partial charge in [-0.15, -0.1) is 0 Å². The lowest BCUT2D eigenvalue weighted by Gasteiger charge is -2.60. The van der Waals surface area contributed by atoms with E-state index in [9.17, 15) is 0 Å². The van der Waals surface area contributed by atoms with Gasteiger partial charge in [0.15, 0.2) is 0 Å². The molecule has 0 N–H and O–H groups in total. The zero-order valence-electron chi connectivity index (χ0n) is 14.3. The molecular formula is C21H31N. The first kappa shape index (κ1) is 14.8. The van der Waals surface area contributed by atoms with E-state index >= 15 is 0 Å². The molecule has 4 fully saturated rings. The molecule has 0 heterocycles. The highest BCUT2D eigenvalue weighted by Gasteiger charge is 2.54. The van der Waals surface area contributed by atoms with Crippen molar-refractivity contribution in [3.8, 4) is 0 Å². The molecular weight excluding hydrogens is 266 g/mol. The van der Waals surface area contributed by atoms with Crippen molar-refractivity contribution < 1.29 is 0 Å². The van der Waals surface area contributed by atoms with Gasteiger partial charge in [-0.2, -0.15) is 0 Å². The fourth-order valence-corrected chi connectivity index (χ4v) is 6.50. The van der Waals surface area contributed by atoms with Gasteiger partial charge in [0.1, 0.15) is 0 Å². The normalized spacial score (nSPS) is 37.7. The Kier molecular flexibility index (Phi) is 3.80. The second-order valence-electron chi connectivity index (χ2n) is 8.84. The maximum absolute atomic E-state index is 2.40. The number of hydrogen-bond donors (Lipinski definition) is 0. The summed E-state index contributed by atoms with van der Waals surface area (Å²) in [7, 11) is 4.45. The zero-order chi connectivity index (χ0) is 15.2. The molecule has 1 atom stereocenters. The summed E-state index contributed by atoms with van der Waals surface area (Å²) in [5.41, 5.74) is 2.25. The molecule has 4 saturated carbocycles. The van der Waals surface area contributed by atoms with Crippen LogP contribution in [0, 0.1) is 23.2 Å². The molecule has 22 heavy (non-hydrogen) atoms. The van der Waals surface area contributed by atoms with Gasteiger partial charge in [-0.25, -0.2) is 0 Å². The summed E-state index contributed by atoms with van der Waals surface area (Å²) in [5.74, 6) is 3.94. The van der Waals surface area contributed by atoms with E-state index in [1.54, 1.807) is 24.8 Å². The largest absolute Gasteiger partial charge is 0.309 e. The second-order valence-corrected chi connectivity index (χ2v) is 8.84. The quantitative estimate of drug-likeness (QED) is 0.744. The first-order valence-electron chi connectivity index (χ1n) is 9.34. The molecule has 1 aromatic carbocycles. The Morgan fingerprint density at radius 3 is 2.00 bits per heavy atom. The summed E-state index contributed by atoms with van der Waals surface area (Å²) >= 11 is 0. The van der Waals surface area contributed by atoms with Crippen LogP contribution in [-0.2, 0) is 0 Å². The second kappa shape index (κ2) is 5.67. The molecule has 1 nitrogen and oxygen atoms in total. The lowest BCUT2D eigenvalue weighted by atomic mass is 9.45. The minimum atomic E-state index is 0.631. The third-order valence-electron chi connectivity index (χ3n) is 6.89. The lowest BCUT2D eigenvalue weighted by Crippen LogP contribution is -2.49. The average Bonchev–Trinajstić information content (AvgIpc) is 2.46. The van der Waals surface area contributed by atoms with E-state index in [2.05, 4.69) is 49.3 Å². The Morgan fingerprint density at radius 1 is 0.955 bits per heavy atom. The third-order valence-corrected chi connectivity index (χ3v) is 6.89. The smallest absolute Gasteiger partial charge is 0.00188 e. The van der Waals surface area contributed by atoms with Crippen molar-refractivity contribution in [2.24, 2.45) is 23.2 Å². The van der Waals surface area contributed by atoms with Crippen LogP contribution in [0.1, 0.15) is 56.4 Å². The number of rotatable bonds is 5. The van der Waals surface area contributed by atoms with Crippen molar-refractivity contribution in [3.63, 3.8) is 0 Å². The van der Waals surface area contributed by atoms with Crippen LogP contribution in [0.4, 0.5) is 0 Å². The number of nitrogens with zero attached hydrogens (tertiary/aromatic N) is 1. The lowest BCUT2D eigenvalue weighted by molar-refractivity contribution is -0.0708. The van der Waals surface area contributed by atoms with Crippen LogP contribution in [0.15, 0.2) is 30.3 Å². The van der Waals surface area contributed by atoms with E-state index in [1.165, 1.54) is 32.2 Å². The monoisotopic (exact) mass is 297 g/mol. The molecule has 5 rings (SSSR count). The molecule has 4 aliphatic rings. The standard InChI is InChI=1S/C21H31N/c1-22(2)9-8-20(19-6-4-3-5-7-19)21-13-16-10-17(14-21)12-18(11-16)15-21/h3-7,16-18,20H,8-15H2,1-2H3. The van der Waals surface area contributed by atoms with Gasteiger partial charge in [0.2, 0.25) is 0 Å². The van der Waals surface area contributed by atoms with Gasteiger partial charge in [-0.1, -0.05) is 30.3 Å². The highest BCUT2D eigenvalue weighted by molar-refractivity contribution is 5.24. The summed E-state index contributed by atoms with van der Waals surface area (Å²) in [6.45, 7) is 1.22. The molecule has 4 bridgehead atoms. The Morgan fingerprint density at radius 2 is 1.50 bits per heavy atom. The highest BCUT2D eigenvalue weighted by Crippen LogP contribution is 2.65. The summed E-state index contributed by atoms with van der Waals surface area (Å²) in [6, 6.07) is 11.5. The van der Waals surface area contributed by atoms with E-state index in [-0.39, 0.29) is 0 Å². The minimum absolute atomic E-state index is 0.631. The predicted octanol–water partition coefficient (Wildman–Crippen LogP) is 4.94. The van der Waals surface area contributed by atoms with Crippen molar-refractivity contribution >= 4 is 0 Å². The van der Waals surface area contributed by atoms with Crippen molar-refractivity contribution in [2.45, 2.75) is 50.9 Å². The highest BCUT2D eigenvalue weighted by atomic mass is 15.0. The summed E-state index contributed by atoms with van der Waals surface area (Å²) < 4.78 is 0. The molecule has 1 unspecified atom stereocenters. The van der Waals surface area contributed by atoms with E-state index in [0.29, 0.717) is 5.41 Å². The Balaban J connectivity index is 1.65. The fourth-order valence-electron chi connectivity index (χ4n) is 6.50. The zero-order valence-corrected chi connectivity index (χ0v) is 14.3. The van der Waals surface area contributed by atoms with Gasteiger partial charge in [0.05, 0.1) is 0 Å². The van der Waals surface area contributed by atoms with E-state index < -0.39 is 0 Å². The first-order chi connectivity index (χ1) is 10.6. The van der Waals surface area contributed by atoms with Gasteiger partial charge >= 0.3 is 0 Å². The summed E-state index contributed by atoms with van der Waals surface area (Å²) in [4.78, 5) is 2.37. The third kappa shape index (κ3) is 2.62. The van der Waals surface area contributed by atoms with E-state index in [1.807, 2.05) is 0 Å². The summed E-state index contributed by atoms with van der Waals surface area (Å²) in [6.07, 6.45) is 10.5. The van der Waals surface area contributed by atoms with Crippen molar-refractivity contribution in [1.82, 2.24) is 4.90 Å². The average molecular weight is 297 g/mol. The van der Waals surface area contributed by atoms with Crippen LogP contribution in [0.3, 0.4) is 0 Å². The van der Waals surface area contributed by atoms with Crippen LogP contribution in [0.2, 0.25) is 0 Å². The number of benzene rings is 1. The molecule has 1 aromatic rings. The topological polar surface area (TPSA) is 3.24 Å². The van der Waals surface area contributed by atoms with E-state index in [4.69, 9.17) is 0 Å². The SMILES string of the molecule is CN(C)CCC(c1ccccc1)C12CC3CC(CC(C3)C1)C2. The minimum Gasteiger partial charge on any atom is -0.309 e. The van der Waals surface area contributed by atoms with Gasteiger partial charge < -0.3 is 4.90 Å². The van der Waals surface area contributed by atoms with Crippen LogP contribution < -0.4 is 0 Å². The predicted molar refractivity (Wildman–Crippen MR) is 93.0 cm³/mol. The van der Waals surface area contributed by atoms with Crippen LogP contribution in [0.5, 0.6) is 0 Å². The Hall–Kier alpha value is -0.820. The molecule has 120 valence electrons. The van der Waals surface area contributed by atoms with Crippen molar-refractivity contribution in [3.05, 3.63) is 35.9 Å². The Labute approximate surface area is 136 Å². The molecule has 1 heteroatoms. The van der Waals surface area contributed by atoms with Gasteiger partial charge in [-0.3, -0.25) is 0 Å². The molecule has 0 amide bonds. The maximum atomic E-state index is 2.40. The molecule has 4 aliphatic carbocycles. The van der Waals surface area contributed by atoms with Gasteiger partial charge in [0, 0.05) is 0 Å². The van der Waals surface area contributed by atoms with Crippen LogP contribution in [0.25, 0.3) is 0 Å². The van der Waals surface area contributed by atoms with Crippen LogP contribution in [-0.4, -0.2) is 25.5 Å². The maximum Gasteiger partial charge on any atom is -0.00188 e. The first-order valence-corrected chi connectivity index (χ1v) is 9.34. The Bertz CT molecular complexity index is 469. The van der Waals surface area contributed by atoms with Crippen LogP contribution >= 0.6 is 0 Å². The van der Waals surface area contributed by atoms with Gasteiger partial charge in [0.25, 0.3) is 0 Å². The summed E-state index contributed by atoms with van der Waals surface area (Å²) in [5, 5.41) is 0. The van der Waals surface area contributed by atoms with E-state index in [0.717, 1.165) is 23.7 Å². The molecule has 0 saturated heterocycles. The molecule has 0 spiro atoms. The van der Waals surface area contributed by atoms with Crippen molar-refractivity contribution in [1.29, 1.82) is 0 Å².